The maximum atomic E-state index is 12.2. The number of hydrogen-bond donors (Lipinski definition) is 1. The van der Waals surface area contributed by atoms with Gasteiger partial charge in [0.1, 0.15) is 5.56 Å². The first-order valence-electron chi connectivity index (χ1n) is 5.67. The average Bonchev–Trinajstić information content (AvgIpc) is 2.74. The second-order valence-electron chi connectivity index (χ2n) is 4.25. The Morgan fingerprint density at radius 1 is 1.37 bits per heavy atom. The van der Waals surface area contributed by atoms with Crippen molar-refractivity contribution in [1.82, 2.24) is 9.88 Å². The van der Waals surface area contributed by atoms with Crippen molar-refractivity contribution in [3.8, 4) is 0 Å². The topological polar surface area (TPSA) is 53.2 Å². The summed E-state index contributed by atoms with van der Waals surface area (Å²) in [5.41, 5.74) is 0.519. The Bertz CT molecular complexity index is 663. The zero-order chi connectivity index (χ0) is 14.0. The molecule has 2 aromatic heterocycles. The van der Waals surface area contributed by atoms with E-state index in [1.807, 2.05) is 6.07 Å². The summed E-state index contributed by atoms with van der Waals surface area (Å²) in [4.78, 5) is 29.0. The van der Waals surface area contributed by atoms with Gasteiger partial charge < -0.3 is 9.88 Å². The zero-order valence-corrected chi connectivity index (χ0v) is 12.1. The van der Waals surface area contributed by atoms with Crippen LogP contribution in [0.3, 0.4) is 0 Å². The number of aromatic nitrogens is 1. The van der Waals surface area contributed by atoms with E-state index in [0.29, 0.717) is 10.9 Å². The van der Waals surface area contributed by atoms with Crippen molar-refractivity contribution >= 4 is 28.8 Å². The minimum atomic E-state index is -0.360. The third kappa shape index (κ3) is 3.24. The Kier molecular flexibility index (Phi) is 4.07. The maximum absolute atomic E-state index is 12.2. The molecule has 0 atom stereocenters. The first-order valence-corrected chi connectivity index (χ1v) is 6.86. The van der Waals surface area contributed by atoms with E-state index < -0.39 is 0 Å². The number of carbonyl (C=O) groups excluding carboxylic acids is 1. The molecule has 0 aromatic carbocycles. The Morgan fingerprint density at radius 3 is 2.68 bits per heavy atom. The van der Waals surface area contributed by atoms with E-state index in [0.717, 1.165) is 10.6 Å². The Morgan fingerprint density at radius 2 is 2.11 bits per heavy atom. The lowest BCUT2D eigenvalue weighted by atomic mass is 10.2. The highest BCUT2D eigenvalue weighted by Gasteiger charge is 2.16. The molecule has 0 aliphatic heterocycles. The molecule has 1 N–H and O–H groups in total. The van der Waals surface area contributed by atoms with E-state index in [1.165, 1.54) is 16.2 Å². The summed E-state index contributed by atoms with van der Waals surface area (Å²) in [5.74, 6) is -0.300. The number of thiophene rings is 1. The molecule has 0 fully saturated rings. The highest BCUT2D eigenvalue weighted by molar-refractivity contribution is 7.16. The quantitative estimate of drug-likeness (QED) is 0.947. The monoisotopic (exact) mass is 296 g/mol. The number of H-pyrrole nitrogens is 1. The molecule has 0 aliphatic rings. The summed E-state index contributed by atoms with van der Waals surface area (Å²) in [6, 6.07) is 6.92. The molecular formula is C13H13ClN2O2S. The van der Waals surface area contributed by atoms with Crippen LogP contribution < -0.4 is 5.56 Å². The molecule has 0 unspecified atom stereocenters. The second-order valence-corrected chi connectivity index (χ2v) is 6.05. The van der Waals surface area contributed by atoms with E-state index in [1.54, 1.807) is 32.2 Å². The van der Waals surface area contributed by atoms with Crippen LogP contribution in [0.15, 0.2) is 29.1 Å². The molecule has 6 heteroatoms. The largest absolute Gasteiger partial charge is 0.336 e. The fraction of sp³-hybridized carbons (Fsp3) is 0.231. The van der Waals surface area contributed by atoms with Crippen LogP contribution in [0.2, 0.25) is 4.34 Å². The summed E-state index contributed by atoms with van der Waals surface area (Å²) in [5, 5.41) is 0. The smallest absolute Gasteiger partial charge is 0.260 e. The highest BCUT2D eigenvalue weighted by atomic mass is 35.5. The van der Waals surface area contributed by atoms with Crippen LogP contribution in [0.4, 0.5) is 0 Å². The van der Waals surface area contributed by atoms with E-state index in [2.05, 4.69) is 4.98 Å². The van der Waals surface area contributed by atoms with Crippen molar-refractivity contribution in [3.63, 3.8) is 0 Å². The van der Waals surface area contributed by atoms with E-state index in [9.17, 15) is 9.59 Å². The number of aryl methyl sites for hydroxylation is 1. The molecule has 2 rings (SSSR count). The van der Waals surface area contributed by atoms with Gasteiger partial charge in [0.25, 0.3) is 11.5 Å². The lowest BCUT2D eigenvalue weighted by Crippen LogP contribution is -2.31. The molecular weight excluding hydrogens is 284 g/mol. The molecule has 0 bridgehead atoms. The molecule has 4 nitrogen and oxygen atoms in total. The molecule has 0 spiro atoms. The third-order valence-electron chi connectivity index (χ3n) is 2.65. The normalized spacial score (nSPS) is 10.5. The number of amides is 1. The van der Waals surface area contributed by atoms with Crippen molar-refractivity contribution in [2.24, 2.45) is 0 Å². The zero-order valence-electron chi connectivity index (χ0n) is 10.6. The number of halogens is 1. The van der Waals surface area contributed by atoms with Gasteiger partial charge in [-0.25, -0.2) is 0 Å². The number of nitrogens with one attached hydrogen (secondary N) is 1. The van der Waals surface area contributed by atoms with Crippen LogP contribution in [-0.4, -0.2) is 22.8 Å². The molecule has 19 heavy (non-hydrogen) atoms. The summed E-state index contributed by atoms with van der Waals surface area (Å²) in [6.07, 6.45) is 0. The fourth-order valence-corrected chi connectivity index (χ4v) is 2.83. The van der Waals surface area contributed by atoms with E-state index in [-0.39, 0.29) is 17.0 Å². The van der Waals surface area contributed by atoms with E-state index >= 15 is 0 Å². The number of hydrogen-bond acceptors (Lipinski definition) is 3. The van der Waals surface area contributed by atoms with Gasteiger partial charge in [0.2, 0.25) is 0 Å². The summed E-state index contributed by atoms with van der Waals surface area (Å²) in [6.45, 7) is 2.20. The SMILES string of the molecule is Cc1ccc(C(=O)N(C)Cc2ccc(Cl)s2)c(=O)[nH]1. The Labute approximate surface area is 119 Å². The maximum Gasteiger partial charge on any atom is 0.260 e. The molecule has 100 valence electrons. The Balaban J connectivity index is 2.17. The fourth-order valence-electron chi connectivity index (χ4n) is 1.69. The number of rotatable bonds is 3. The van der Waals surface area contributed by atoms with Crippen LogP contribution >= 0.6 is 22.9 Å². The molecule has 0 radical (unpaired) electrons. The minimum absolute atomic E-state index is 0.149. The van der Waals surface area contributed by atoms with Gasteiger partial charge in [0.15, 0.2) is 0 Å². The second kappa shape index (κ2) is 5.59. The van der Waals surface area contributed by atoms with Crippen LogP contribution in [0.1, 0.15) is 20.9 Å². The molecule has 0 saturated carbocycles. The molecule has 2 aromatic rings. The van der Waals surface area contributed by atoms with Crippen molar-refractivity contribution in [2.75, 3.05) is 7.05 Å². The van der Waals surface area contributed by atoms with Gasteiger partial charge in [-0.2, -0.15) is 0 Å². The van der Waals surface area contributed by atoms with Crippen molar-refractivity contribution in [2.45, 2.75) is 13.5 Å². The van der Waals surface area contributed by atoms with Gasteiger partial charge in [-0.05, 0) is 31.2 Å². The van der Waals surface area contributed by atoms with Gasteiger partial charge in [-0.1, -0.05) is 11.6 Å². The van der Waals surface area contributed by atoms with Crippen LogP contribution in [0, 0.1) is 6.92 Å². The molecule has 1 amide bonds. The predicted octanol–water partition coefficient (Wildman–Crippen LogP) is 2.67. The number of aromatic amines is 1. The number of carbonyl (C=O) groups is 1. The standard InChI is InChI=1S/C13H13ClN2O2S/c1-8-3-5-10(12(17)15-8)13(18)16(2)7-9-4-6-11(14)19-9/h3-6H,7H2,1-2H3,(H,15,17). The lowest BCUT2D eigenvalue weighted by molar-refractivity contribution is 0.0784. The van der Waals surface area contributed by atoms with Crippen molar-refractivity contribution < 1.29 is 4.79 Å². The van der Waals surface area contributed by atoms with Gasteiger partial charge in [-0.3, -0.25) is 9.59 Å². The van der Waals surface area contributed by atoms with Crippen LogP contribution in [-0.2, 0) is 6.54 Å². The van der Waals surface area contributed by atoms with Crippen molar-refractivity contribution in [3.05, 3.63) is 55.1 Å². The summed E-state index contributed by atoms with van der Waals surface area (Å²) < 4.78 is 0.684. The number of nitrogens with zero attached hydrogens (tertiary/aromatic N) is 1. The molecule has 0 saturated heterocycles. The third-order valence-corrected chi connectivity index (χ3v) is 3.87. The highest BCUT2D eigenvalue weighted by Crippen LogP contribution is 2.22. The minimum Gasteiger partial charge on any atom is -0.336 e. The number of pyridine rings is 1. The summed E-state index contributed by atoms with van der Waals surface area (Å²) >= 11 is 7.26. The van der Waals surface area contributed by atoms with Crippen LogP contribution in [0.25, 0.3) is 0 Å². The summed E-state index contributed by atoms with van der Waals surface area (Å²) in [7, 11) is 1.66. The van der Waals surface area contributed by atoms with Gasteiger partial charge >= 0.3 is 0 Å². The van der Waals surface area contributed by atoms with Gasteiger partial charge in [0.05, 0.1) is 10.9 Å². The predicted molar refractivity (Wildman–Crippen MR) is 76.9 cm³/mol. The molecule has 0 aliphatic carbocycles. The van der Waals surface area contributed by atoms with Crippen molar-refractivity contribution in [1.29, 1.82) is 0 Å². The van der Waals surface area contributed by atoms with Crippen LogP contribution in [0.5, 0.6) is 0 Å². The lowest BCUT2D eigenvalue weighted by Gasteiger charge is -2.15. The molecule has 2 heterocycles. The average molecular weight is 297 g/mol. The van der Waals surface area contributed by atoms with Gasteiger partial charge in [-0.15, -0.1) is 11.3 Å². The van der Waals surface area contributed by atoms with Gasteiger partial charge in [0, 0.05) is 17.6 Å². The first kappa shape index (κ1) is 13.8. The Hall–Kier alpha value is -1.59. The van der Waals surface area contributed by atoms with E-state index in [4.69, 9.17) is 11.6 Å². The first-order chi connectivity index (χ1) is 8.97.